The molecule has 6 heteroatoms. The third kappa shape index (κ3) is 1.99. The molecule has 0 aliphatic heterocycles. The van der Waals surface area contributed by atoms with Gasteiger partial charge in [0.15, 0.2) is 0 Å². The molecule has 0 fully saturated rings. The summed E-state index contributed by atoms with van der Waals surface area (Å²) in [7, 11) is 0. The number of pyridine rings is 1. The standard InChI is InChI=1S/C9H8BrN3O2/c1-6-8(12-15-11-6)5-13-4-2-3-7(10)9(13)14/h2-4H,5H2,1H3. The molecule has 0 N–H and O–H groups in total. The van der Waals surface area contributed by atoms with Crippen LogP contribution in [0.5, 0.6) is 0 Å². The van der Waals surface area contributed by atoms with Crippen LogP contribution < -0.4 is 5.56 Å². The summed E-state index contributed by atoms with van der Waals surface area (Å²) in [5.41, 5.74) is 1.26. The first-order chi connectivity index (χ1) is 7.18. The predicted octanol–water partition coefficient (Wildman–Crippen LogP) is 1.35. The van der Waals surface area contributed by atoms with Crippen molar-refractivity contribution in [1.82, 2.24) is 14.9 Å². The molecule has 0 amide bonds. The van der Waals surface area contributed by atoms with Gasteiger partial charge >= 0.3 is 0 Å². The first kappa shape index (κ1) is 10.1. The van der Waals surface area contributed by atoms with E-state index in [1.54, 1.807) is 25.3 Å². The van der Waals surface area contributed by atoms with Crippen LogP contribution >= 0.6 is 15.9 Å². The largest absolute Gasteiger partial charge is 0.308 e. The first-order valence-corrected chi connectivity index (χ1v) is 5.11. The van der Waals surface area contributed by atoms with E-state index in [4.69, 9.17) is 0 Å². The van der Waals surface area contributed by atoms with E-state index in [1.165, 1.54) is 4.57 Å². The SMILES string of the molecule is Cc1nonc1Cn1cccc(Br)c1=O. The highest BCUT2D eigenvalue weighted by Gasteiger charge is 2.07. The van der Waals surface area contributed by atoms with Crippen molar-refractivity contribution in [2.45, 2.75) is 13.5 Å². The van der Waals surface area contributed by atoms with Gasteiger partial charge in [-0.3, -0.25) is 4.79 Å². The van der Waals surface area contributed by atoms with Crippen LogP contribution in [0.4, 0.5) is 0 Å². The molecule has 0 saturated heterocycles. The zero-order valence-corrected chi connectivity index (χ0v) is 9.56. The quantitative estimate of drug-likeness (QED) is 0.826. The van der Waals surface area contributed by atoms with Gasteiger partial charge in [-0.1, -0.05) is 10.3 Å². The molecular formula is C9H8BrN3O2. The molecule has 0 spiro atoms. The average molecular weight is 270 g/mol. The minimum Gasteiger partial charge on any atom is -0.308 e. The van der Waals surface area contributed by atoms with E-state index in [1.807, 2.05) is 0 Å². The Morgan fingerprint density at radius 1 is 1.53 bits per heavy atom. The van der Waals surface area contributed by atoms with Crippen LogP contribution in [0, 0.1) is 6.92 Å². The fourth-order valence-electron chi connectivity index (χ4n) is 1.19. The van der Waals surface area contributed by atoms with Crippen molar-refractivity contribution in [2.24, 2.45) is 0 Å². The monoisotopic (exact) mass is 269 g/mol. The Kier molecular flexibility index (Phi) is 2.68. The molecule has 0 aliphatic rings. The highest BCUT2D eigenvalue weighted by atomic mass is 79.9. The van der Waals surface area contributed by atoms with Gasteiger partial charge in [-0.15, -0.1) is 0 Å². The number of nitrogens with zero attached hydrogens (tertiary/aromatic N) is 3. The minimum atomic E-state index is -0.0973. The zero-order chi connectivity index (χ0) is 10.8. The van der Waals surface area contributed by atoms with Crippen molar-refractivity contribution < 1.29 is 4.63 Å². The van der Waals surface area contributed by atoms with Gasteiger partial charge in [0.05, 0.1) is 11.0 Å². The van der Waals surface area contributed by atoms with Crippen LogP contribution in [0.1, 0.15) is 11.4 Å². The van der Waals surface area contributed by atoms with Crippen LogP contribution in [0.2, 0.25) is 0 Å². The van der Waals surface area contributed by atoms with Gasteiger partial charge in [0.25, 0.3) is 5.56 Å². The molecule has 2 aromatic heterocycles. The second-order valence-corrected chi connectivity index (χ2v) is 3.94. The molecule has 15 heavy (non-hydrogen) atoms. The Labute approximate surface area is 93.8 Å². The fraction of sp³-hybridized carbons (Fsp3) is 0.222. The summed E-state index contributed by atoms with van der Waals surface area (Å²) in [5, 5.41) is 7.37. The lowest BCUT2D eigenvalue weighted by Gasteiger charge is -2.02. The Balaban J connectivity index is 2.37. The Morgan fingerprint density at radius 3 is 3.00 bits per heavy atom. The second kappa shape index (κ2) is 3.98. The van der Waals surface area contributed by atoms with Gasteiger partial charge in [-0.05, 0) is 35.0 Å². The van der Waals surface area contributed by atoms with Crippen molar-refractivity contribution in [2.75, 3.05) is 0 Å². The highest BCUT2D eigenvalue weighted by Crippen LogP contribution is 2.05. The van der Waals surface area contributed by atoms with E-state index < -0.39 is 0 Å². The van der Waals surface area contributed by atoms with E-state index in [9.17, 15) is 4.79 Å². The molecule has 2 heterocycles. The van der Waals surface area contributed by atoms with E-state index in [0.29, 0.717) is 22.4 Å². The molecule has 2 rings (SSSR count). The fourth-order valence-corrected chi connectivity index (χ4v) is 1.57. The van der Waals surface area contributed by atoms with E-state index >= 15 is 0 Å². The molecule has 0 aliphatic carbocycles. The Hall–Kier alpha value is -1.43. The summed E-state index contributed by atoms with van der Waals surface area (Å²) in [6.45, 7) is 2.16. The summed E-state index contributed by atoms with van der Waals surface area (Å²) < 4.78 is 6.63. The Morgan fingerprint density at radius 2 is 2.33 bits per heavy atom. The van der Waals surface area contributed by atoms with Gasteiger partial charge in [-0.2, -0.15) is 0 Å². The smallest absolute Gasteiger partial charge is 0.265 e. The lowest BCUT2D eigenvalue weighted by Crippen LogP contribution is -2.20. The lowest BCUT2D eigenvalue weighted by molar-refractivity contribution is 0.300. The maximum absolute atomic E-state index is 11.6. The third-order valence-electron chi connectivity index (χ3n) is 2.04. The molecule has 2 aromatic rings. The molecule has 0 aromatic carbocycles. The minimum absolute atomic E-state index is 0.0973. The molecular weight excluding hydrogens is 262 g/mol. The Bertz CT molecular complexity index is 532. The van der Waals surface area contributed by atoms with Gasteiger partial charge in [0, 0.05) is 6.20 Å². The average Bonchev–Trinajstić information content (AvgIpc) is 2.60. The normalized spacial score (nSPS) is 10.5. The summed E-state index contributed by atoms with van der Waals surface area (Å²) in [6, 6.07) is 3.49. The maximum Gasteiger partial charge on any atom is 0.265 e. The first-order valence-electron chi connectivity index (χ1n) is 4.31. The van der Waals surface area contributed by atoms with Crippen molar-refractivity contribution in [3.8, 4) is 0 Å². The van der Waals surface area contributed by atoms with Crippen LogP contribution in [0.15, 0.2) is 32.2 Å². The van der Waals surface area contributed by atoms with E-state index in [-0.39, 0.29) is 5.56 Å². The van der Waals surface area contributed by atoms with Crippen LogP contribution in [0.3, 0.4) is 0 Å². The topological polar surface area (TPSA) is 60.9 Å². The van der Waals surface area contributed by atoms with Crippen molar-refractivity contribution >= 4 is 15.9 Å². The molecule has 0 radical (unpaired) electrons. The number of aryl methyl sites for hydroxylation is 1. The highest BCUT2D eigenvalue weighted by molar-refractivity contribution is 9.10. The van der Waals surface area contributed by atoms with Crippen molar-refractivity contribution in [3.63, 3.8) is 0 Å². The summed E-state index contributed by atoms with van der Waals surface area (Å²) >= 11 is 3.18. The van der Waals surface area contributed by atoms with Gasteiger partial charge in [-0.25, -0.2) is 4.63 Å². The van der Waals surface area contributed by atoms with Crippen molar-refractivity contribution in [1.29, 1.82) is 0 Å². The summed E-state index contributed by atoms with van der Waals surface area (Å²) in [5.74, 6) is 0. The van der Waals surface area contributed by atoms with Crippen LogP contribution in [0.25, 0.3) is 0 Å². The number of rotatable bonds is 2. The second-order valence-electron chi connectivity index (χ2n) is 3.09. The van der Waals surface area contributed by atoms with Gasteiger partial charge < -0.3 is 4.57 Å². The molecule has 0 bridgehead atoms. The van der Waals surface area contributed by atoms with Crippen molar-refractivity contribution in [3.05, 3.63) is 44.5 Å². The van der Waals surface area contributed by atoms with E-state index in [0.717, 1.165) is 0 Å². The van der Waals surface area contributed by atoms with Gasteiger partial charge in [0.1, 0.15) is 11.4 Å². The zero-order valence-electron chi connectivity index (χ0n) is 7.98. The summed E-state index contributed by atoms with van der Waals surface area (Å²) in [6.07, 6.45) is 1.70. The number of aromatic nitrogens is 3. The molecule has 78 valence electrons. The van der Waals surface area contributed by atoms with Crippen LogP contribution in [-0.2, 0) is 6.54 Å². The molecule has 0 unspecified atom stereocenters. The molecule has 0 atom stereocenters. The van der Waals surface area contributed by atoms with Gasteiger partial charge in [0.2, 0.25) is 0 Å². The lowest BCUT2D eigenvalue weighted by atomic mass is 10.3. The number of hydrogen-bond acceptors (Lipinski definition) is 4. The molecule has 5 nitrogen and oxygen atoms in total. The predicted molar refractivity (Wildman–Crippen MR) is 56.5 cm³/mol. The molecule has 0 saturated carbocycles. The number of halogens is 1. The maximum atomic E-state index is 11.6. The van der Waals surface area contributed by atoms with Crippen LogP contribution in [-0.4, -0.2) is 14.9 Å². The third-order valence-corrected chi connectivity index (χ3v) is 2.64. The summed E-state index contributed by atoms with van der Waals surface area (Å²) in [4.78, 5) is 11.6. The number of hydrogen-bond donors (Lipinski definition) is 0. The van der Waals surface area contributed by atoms with E-state index in [2.05, 4.69) is 30.9 Å².